The normalized spacial score (nSPS) is 17.9. The van der Waals surface area contributed by atoms with Gasteiger partial charge in [-0.2, -0.15) is 4.58 Å². The van der Waals surface area contributed by atoms with Gasteiger partial charge in [0.2, 0.25) is 5.69 Å². The van der Waals surface area contributed by atoms with Gasteiger partial charge in [0.05, 0.1) is 5.41 Å². The molecule has 0 amide bonds. The summed E-state index contributed by atoms with van der Waals surface area (Å²) in [7, 11) is 2.12. The van der Waals surface area contributed by atoms with E-state index in [0.29, 0.717) is 10.0 Å². The molecule has 2 aliphatic heterocycles. The topological polar surface area (TPSA) is 12.2 Å². The van der Waals surface area contributed by atoms with Crippen molar-refractivity contribution in [2.24, 2.45) is 0 Å². The second-order valence-electron chi connectivity index (χ2n) is 9.24. The zero-order valence-corrected chi connectivity index (χ0v) is 21.4. The summed E-state index contributed by atoms with van der Waals surface area (Å²) >= 11 is 12.2. The molecule has 0 spiro atoms. The molecule has 0 N–H and O–H groups in total. The van der Waals surface area contributed by atoms with Gasteiger partial charge < -0.3 is 4.74 Å². The molecule has 0 aliphatic carbocycles. The highest BCUT2D eigenvalue weighted by molar-refractivity contribution is 6.30. The van der Waals surface area contributed by atoms with Crippen LogP contribution >= 0.6 is 23.2 Å². The first-order valence-corrected chi connectivity index (χ1v) is 12.3. The van der Waals surface area contributed by atoms with E-state index in [2.05, 4.69) is 68.0 Å². The molecule has 0 atom stereocenters. The Labute approximate surface area is 216 Å². The Morgan fingerprint density at radius 2 is 1.43 bits per heavy atom. The number of benzene rings is 3. The van der Waals surface area contributed by atoms with Crippen molar-refractivity contribution in [3.8, 4) is 0 Å². The third kappa shape index (κ3) is 4.65. The number of nitrogens with zero attached hydrogens (tertiary/aromatic N) is 1. The van der Waals surface area contributed by atoms with Gasteiger partial charge in [-0.05, 0) is 79.6 Å². The lowest BCUT2D eigenvalue weighted by Crippen LogP contribution is -2.26. The molecule has 0 saturated carbocycles. The zero-order chi connectivity index (χ0) is 24.6. The highest BCUT2D eigenvalue weighted by Gasteiger charge is 2.42. The third-order valence-corrected chi connectivity index (χ3v) is 7.08. The van der Waals surface area contributed by atoms with Crippen molar-refractivity contribution in [1.29, 1.82) is 0 Å². The number of halogens is 2. The fourth-order valence-electron chi connectivity index (χ4n) is 4.71. The number of hydrogen-bond donors (Lipinski definition) is 0. The molecule has 0 radical (unpaired) electrons. The highest BCUT2D eigenvalue weighted by Crippen LogP contribution is 2.39. The summed E-state index contributed by atoms with van der Waals surface area (Å²) in [6.45, 7) is 4.53. The Balaban J connectivity index is 1.50. The van der Waals surface area contributed by atoms with Crippen molar-refractivity contribution in [2.75, 3.05) is 7.05 Å². The Morgan fingerprint density at radius 3 is 2.09 bits per heavy atom. The predicted octanol–water partition coefficient (Wildman–Crippen LogP) is 8.59. The van der Waals surface area contributed by atoms with E-state index in [1.165, 1.54) is 17.0 Å². The minimum Gasteiger partial charge on any atom is -0.457 e. The summed E-state index contributed by atoms with van der Waals surface area (Å²) in [5, 5.41) is 1.40. The number of rotatable bonds is 4. The molecule has 3 aromatic carbocycles. The lowest BCUT2D eigenvalue weighted by molar-refractivity contribution is -0.401. The van der Waals surface area contributed by atoms with Crippen LogP contribution in [0.25, 0.3) is 11.3 Å². The minimum atomic E-state index is -0.0769. The summed E-state index contributed by atoms with van der Waals surface area (Å²) in [6, 6.07) is 24.1. The second kappa shape index (κ2) is 9.37. The van der Waals surface area contributed by atoms with Gasteiger partial charge in [-0.1, -0.05) is 59.6 Å². The molecule has 5 rings (SSSR count). The molecule has 2 heterocycles. The van der Waals surface area contributed by atoms with Gasteiger partial charge in [0.25, 0.3) is 0 Å². The average molecular weight is 499 g/mol. The van der Waals surface area contributed by atoms with Crippen molar-refractivity contribution in [2.45, 2.75) is 19.3 Å². The highest BCUT2D eigenvalue weighted by atomic mass is 35.5. The summed E-state index contributed by atoms with van der Waals surface area (Å²) in [6.07, 6.45) is 10.4. The quantitative estimate of drug-likeness (QED) is 0.328. The van der Waals surface area contributed by atoms with Crippen molar-refractivity contribution in [3.63, 3.8) is 0 Å². The summed E-state index contributed by atoms with van der Waals surface area (Å²) in [5.74, 6) is 1.53. The van der Waals surface area contributed by atoms with Gasteiger partial charge >= 0.3 is 0 Å². The molecular formula is C31H26Cl2NO+. The van der Waals surface area contributed by atoms with Crippen LogP contribution in [0.1, 0.15) is 30.5 Å². The van der Waals surface area contributed by atoms with Crippen LogP contribution in [0, 0.1) is 0 Å². The molecule has 3 aromatic rings. The average Bonchev–Trinajstić information content (AvgIpc) is 3.05. The number of hydrogen-bond acceptors (Lipinski definition) is 1. The third-order valence-electron chi connectivity index (χ3n) is 6.57. The monoisotopic (exact) mass is 498 g/mol. The van der Waals surface area contributed by atoms with Crippen molar-refractivity contribution < 1.29 is 9.31 Å². The Morgan fingerprint density at radius 1 is 0.800 bits per heavy atom. The van der Waals surface area contributed by atoms with Crippen molar-refractivity contribution >= 4 is 45.9 Å². The smallest absolute Gasteiger partial charge is 0.209 e. The molecule has 0 saturated heterocycles. The molecule has 0 unspecified atom stereocenters. The number of para-hydroxylation sites is 1. The molecular weight excluding hydrogens is 473 g/mol. The molecule has 174 valence electrons. The van der Waals surface area contributed by atoms with Crippen LogP contribution in [0.2, 0.25) is 10.0 Å². The van der Waals surface area contributed by atoms with Gasteiger partial charge in [0.1, 0.15) is 18.6 Å². The van der Waals surface area contributed by atoms with E-state index in [1.54, 1.807) is 0 Å². The second-order valence-corrected chi connectivity index (χ2v) is 10.1. The number of ether oxygens (including phenoxy) is 1. The van der Waals surface area contributed by atoms with E-state index >= 15 is 0 Å². The standard InChI is InChI=1S/C31H26Cl2NO/c1-31(2)27-8-4-5-9-28(27)34(3)30(31)10-6-7-26-19-23(21-11-15-24(32)16-12-21)20-29(35-26)22-13-17-25(33)18-14-22/h4-20H,1-3H3/q+1. The number of allylic oxidation sites excluding steroid dienone is 6. The molecule has 0 fully saturated rings. The molecule has 35 heavy (non-hydrogen) atoms. The van der Waals surface area contributed by atoms with Gasteiger partial charge in [-0.15, -0.1) is 0 Å². The van der Waals surface area contributed by atoms with Crippen LogP contribution in [0.5, 0.6) is 0 Å². The van der Waals surface area contributed by atoms with Crippen molar-refractivity contribution in [3.05, 3.63) is 136 Å². The predicted molar refractivity (Wildman–Crippen MR) is 147 cm³/mol. The maximum atomic E-state index is 6.30. The van der Waals surface area contributed by atoms with Crippen molar-refractivity contribution in [1.82, 2.24) is 0 Å². The van der Waals surface area contributed by atoms with Gasteiger partial charge in [0, 0.05) is 33.3 Å². The van der Waals surface area contributed by atoms with E-state index in [9.17, 15) is 0 Å². The molecule has 0 bridgehead atoms. The minimum absolute atomic E-state index is 0.0769. The molecule has 2 aliphatic rings. The van der Waals surface area contributed by atoms with E-state index in [1.807, 2.05) is 60.7 Å². The fourth-order valence-corrected chi connectivity index (χ4v) is 4.96. The van der Waals surface area contributed by atoms with Crippen LogP contribution in [0.15, 0.2) is 109 Å². The largest absolute Gasteiger partial charge is 0.457 e. The van der Waals surface area contributed by atoms with Gasteiger partial charge in [0.15, 0.2) is 5.71 Å². The summed E-state index contributed by atoms with van der Waals surface area (Å²) in [4.78, 5) is 0. The lowest BCUT2D eigenvalue weighted by atomic mass is 9.81. The van der Waals surface area contributed by atoms with E-state index in [0.717, 1.165) is 28.2 Å². The lowest BCUT2D eigenvalue weighted by Gasteiger charge is -2.18. The Bertz CT molecular complexity index is 1440. The zero-order valence-electron chi connectivity index (χ0n) is 19.9. The maximum Gasteiger partial charge on any atom is 0.209 e. The first-order chi connectivity index (χ1) is 16.8. The summed E-state index contributed by atoms with van der Waals surface area (Å²) < 4.78 is 8.56. The molecule has 2 nitrogen and oxygen atoms in total. The fraction of sp³-hybridized carbons (Fsp3) is 0.129. The SMILES string of the molecule is C[N+]1=C(C=CC=C2C=C(c3ccc(Cl)cc3)C=C(c3ccc(Cl)cc3)O2)C(C)(C)c2ccccc21. The summed E-state index contributed by atoms with van der Waals surface area (Å²) in [5.41, 5.74) is 6.83. The van der Waals surface area contributed by atoms with Gasteiger partial charge in [-0.25, -0.2) is 0 Å². The van der Waals surface area contributed by atoms with Gasteiger partial charge in [-0.3, -0.25) is 0 Å². The van der Waals surface area contributed by atoms with Crippen LogP contribution in [0.4, 0.5) is 5.69 Å². The first kappa shape index (κ1) is 23.4. The number of fused-ring (bicyclic) bond motifs is 1. The molecule has 0 aromatic heterocycles. The van der Waals surface area contributed by atoms with Crippen LogP contribution in [0.3, 0.4) is 0 Å². The Hall–Kier alpha value is -3.33. The van der Waals surface area contributed by atoms with E-state index in [-0.39, 0.29) is 5.41 Å². The maximum absolute atomic E-state index is 6.30. The van der Waals surface area contributed by atoms with Crippen LogP contribution < -0.4 is 0 Å². The van der Waals surface area contributed by atoms with E-state index < -0.39 is 0 Å². The van der Waals surface area contributed by atoms with Crippen LogP contribution in [-0.2, 0) is 10.2 Å². The first-order valence-electron chi connectivity index (χ1n) is 11.5. The van der Waals surface area contributed by atoms with E-state index in [4.69, 9.17) is 27.9 Å². The van der Waals surface area contributed by atoms with Crippen LogP contribution in [-0.4, -0.2) is 17.3 Å². The molecule has 4 heteroatoms. The Kier molecular flexibility index (Phi) is 6.27.